The van der Waals surface area contributed by atoms with Crippen molar-refractivity contribution in [3.05, 3.63) is 32.9 Å². The van der Waals surface area contributed by atoms with Crippen LogP contribution in [0.2, 0.25) is 0 Å². The molecule has 11 heavy (non-hydrogen) atoms. The Labute approximate surface area is 79.6 Å². The molecule has 1 unspecified atom stereocenters. The molecule has 1 rings (SSSR count). The summed E-state index contributed by atoms with van der Waals surface area (Å²) in [4.78, 5) is 0. The first-order valence-corrected chi connectivity index (χ1v) is 4.38. The maximum absolute atomic E-state index is 9.05. The first kappa shape index (κ1) is 8.96. The van der Waals surface area contributed by atoms with Crippen molar-refractivity contribution in [2.75, 3.05) is 0 Å². The number of aliphatic hydroxyl groups is 1. The molecule has 1 atom stereocenters. The molecule has 0 saturated heterocycles. The second-order valence-corrected chi connectivity index (χ2v) is 3.75. The fraction of sp³-hybridized carbons (Fsp3) is 0.250. The fourth-order valence-electron chi connectivity index (χ4n) is 0.935. The zero-order chi connectivity index (χ0) is 8.43. The summed E-state index contributed by atoms with van der Waals surface area (Å²) < 4.78 is 1.10. The van der Waals surface area contributed by atoms with Crippen molar-refractivity contribution in [3.63, 3.8) is 0 Å². The van der Waals surface area contributed by atoms with Gasteiger partial charge in [0.1, 0.15) is 6.23 Å². The summed E-state index contributed by atoms with van der Waals surface area (Å²) in [7, 11) is 0. The van der Waals surface area contributed by atoms with E-state index in [0.29, 0.717) is 0 Å². The minimum absolute atomic E-state index is 0.773. The van der Waals surface area contributed by atoms with E-state index in [4.69, 9.17) is 10.8 Å². The van der Waals surface area contributed by atoms with Crippen molar-refractivity contribution in [3.8, 4) is 0 Å². The molecule has 0 aliphatic rings. The maximum atomic E-state index is 9.05. The van der Waals surface area contributed by atoms with E-state index < -0.39 is 6.23 Å². The molecule has 1 aromatic rings. The van der Waals surface area contributed by atoms with Crippen LogP contribution in [-0.2, 0) is 0 Å². The number of rotatable bonds is 1. The lowest BCUT2D eigenvalue weighted by Gasteiger charge is -2.05. The van der Waals surface area contributed by atoms with Crippen LogP contribution >= 0.6 is 22.6 Å². The van der Waals surface area contributed by atoms with Gasteiger partial charge in [0.2, 0.25) is 0 Å². The molecule has 2 nitrogen and oxygen atoms in total. The summed E-state index contributed by atoms with van der Waals surface area (Å²) >= 11 is 2.20. The monoisotopic (exact) mass is 263 g/mol. The number of aliphatic hydroxyl groups excluding tert-OH is 1. The summed E-state index contributed by atoms with van der Waals surface area (Å²) in [5.74, 6) is 0. The van der Waals surface area contributed by atoms with Crippen molar-refractivity contribution in [2.24, 2.45) is 5.73 Å². The van der Waals surface area contributed by atoms with Crippen LogP contribution in [0.4, 0.5) is 0 Å². The highest BCUT2D eigenvalue weighted by Crippen LogP contribution is 2.14. The molecule has 60 valence electrons. The van der Waals surface area contributed by atoms with Gasteiger partial charge in [-0.3, -0.25) is 0 Å². The van der Waals surface area contributed by atoms with Gasteiger partial charge in [-0.05, 0) is 52.8 Å². The lowest BCUT2D eigenvalue weighted by atomic mass is 10.1. The van der Waals surface area contributed by atoms with Crippen LogP contribution in [-0.4, -0.2) is 5.11 Å². The fourth-order valence-corrected chi connectivity index (χ4v) is 1.79. The molecular formula is C8H10INO. The molecule has 0 fully saturated rings. The number of aryl methyl sites for hydroxylation is 1. The van der Waals surface area contributed by atoms with E-state index >= 15 is 0 Å². The van der Waals surface area contributed by atoms with Crippen molar-refractivity contribution in [1.29, 1.82) is 0 Å². The predicted octanol–water partition coefficient (Wildman–Crippen LogP) is 1.55. The number of hydrogen-bond donors (Lipinski definition) is 2. The van der Waals surface area contributed by atoms with Crippen LogP contribution in [0.1, 0.15) is 17.4 Å². The van der Waals surface area contributed by atoms with Crippen LogP contribution in [0.5, 0.6) is 0 Å². The summed E-state index contributed by atoms with van der Waals surface area (Å²) in [5, 5.41) is 9.05. The van der Waals surface area contributed by atoms with Crippen LogP contribution < -0.4 is 5.73 Å². The van der Waals surface area contributed by atoms with E-state index in [1.54, 1.807) is 0 Å². The van der Waals surface area contributed by atoms with Crippen molar-refractivity contribution >= 4 is 22.6 Å². The summed E-state index contributed by atoms with van der Waals surface area (Å²) in [6.45, 7) is 1.98. The van der Waals surface area contributed by atoms with Crippen molar-refractivity contribution < 1.29 is 5.11 Å². The third kappa shape index (κ3) is 2.43. The highest BCUT2D eigenvalue weighted by molar-refractivity contribution is 14.1. The first-order valence-electron chi connectivity index (χ1n) is 3.30. The number of hydrogen-bond acceptors (Lipinski definition) is 2. The molecule has 3 heteroatoms. The molecule has 0 spiro atoms. The Balaban J connectivity index is 3.08. The molecular weight excluding hydrogens is 253 g/mol. The molecule has 0 bridgehead atoms. The standard InChI is InChI=1S/C8H10INO/c1-5-2-6(8(10)11)4-7(9)3-5/h2-4,8,11H,10H2,1H3. The molecule has 0 aliphatic heterocycles. The second-order valence-electron chi connectivity index (χ2n) is 2.51. The molecule has 0 heterocycles. The lowest BCUT2D eigenvalue weighted by Crippen LogP contribution is -2.08. The zero-order valence-corrected chi connectivity index (χ0v) is 8.37. The van der Waals surface area contributed by atoms with Crippen LogP contribution in [0.25, 0.3) is 0 Å². The van der Waals surface area contributed by atoms with Gasteiger partial charge < -0.3 is 10.8 Å². The maximum Gasteiger partial charge on any atom is 0.128 e. The summed E-state index contributed by atoms with van der Waals surface area (Å²) in [6, 6.07) is 5.79. The molecule has 0 saturated carbocycles. The van der Waals surface area contributed by atoms with Gasteiger partial charge in [0.25, 0.3) is 0 Å². The first-order chi connectivity index (χ1) is 5.09. The molecule has 0 aromatic heterocycles. The average Bonchev–Trinajstić information content (AvgIpc) is 1.85. The van der Waals surface area contributed by atoms with Gasteiger partial charge in [-0.15, -0.1) is 0 Å². The van der Waals surface area contributed by atoms with Gasteiger partial charge in [0, 0.05) is 3.57 Å². The third-order valence-electron chi connectivity index (χ3n) is 1.41. The Bertz CT molecular complexity index is 240. The minimum Gasteiger partial charge on any atom is -0.375 e. The topological polar surface area (TPSA) is 46.2 Å². The van der Waals surface area contributed by atoms with Gasteiger partial charge in [-0.25, -0.2) is 0 Å². The van der Waals surface area contributed by atoms with Gasteiger partial charge in [-0.2, -0.15) is 0 Å². The molecule has 0 amide bonds. The Morgan fingerprint density at radius 1 is 1.45 bits per heavy atom. The van der Waals surface area contributed by atoms with E-state index in [0.717, 1.165) is 14.7 Å². The summed E-state index contributed by atoms with van der Waals surface area (Å²) in [5.41, 5.74) is 7.20. The largest absolute Gasteiger partial charge is 0.375 e. The minimum atomic E-state index is -0.858. The third-order valence-corrected chi connectivity index (χ3v) is 2.03. The number of halogens is 1. The smallest absolute Gasteiger partial charge is 0.128 e. The van der Waals surface area contributed by atoms with Crippen LogP contribution in [0, 0.1) is 10.5 Å². The van der Waals surface area contributed by atoms with E-state index in [9.17, 15) is 0 Å². The van der Waals surface area contributed by atoms with E-state index in [1.807, 2.05) is 25.1 Å². The normalized spacial score (nSPS) is 13.1. The highest BCUT2D eigenvalue weighted by Gasteiger charge is 2.01. The van der Waals surface area contributed by atoms with Crippen molar-refractivity contribution in [2.45, 2.75) is 13.2 Å². The Morgan fingerprint density at radius 2 is 2.09 bits per heavy atom. The molecule has 0 aliphatic carbocycles. The molecule has 3 N–H and O–H groups in total. The molecule has 1 aromatic carbocycles. The Morgan fingerprint density at radius 3 is 2.55 bits per heavy atom. The van der Waals surface area contributed by atoms with E-state index in [-0.39, 0.29) is 0 Å². The van der Waals surface area contributed by atoms with E-state index in [2.05, 4.69) is 22.6 Å². The second kappa shape index (κ2) is 3.51. The highest BCUT2D eigenvalue weighted by atomic mass is 127. The predicted molar refractivity (Wildman–Crippen MR) is 53.0 cm³/mol. The van der Waals surface area contributed by atoms with Crippen molar-refractivity contribution in [1.82, 2.24) is 0 Å². The van der Waals surface area contributed by atoms with Gasteiger partial charge in [0.05, 0.1) is 0 Å². The average molecular weight is 263 g/mol. The van der Waals surface area contributed by atoms with E-state index in [1.165, 1.54) is 0 Å². The quantitative estimate of drug-likeness (QED) is 0.596. The van der Waals surface area contributed by atoms with Gasteiger partial charge >= 0.3 is 0 Å². The number of nitrogens with two attached hydrogens (primary N) is 1. The Hall–Kier alpha value is -0.130. The SMILES string of the molecule is Cc1cc(I)cc(C(N)O)c1. The number of benzene rings is 1. The Kier molecular flexibility index (Phi) is 2.86. The van der Waals surface area contributed by atoms with Gasteiger partial charge in [0.15, 0.2) is 0 Å². The van der Waals surface area contributed by atoms with Crippen LogP contribution in [0.3, 0.4) is 0 Å². The zero-order valence-electron chi connectivity index (χ0n) is 6.21. The molecule has 0 radical (unpaired) electrons. The van der Waals surface area contributed by atoms with Gasteiger partial charge in [-0.1, -0.05) is 6.07 Å². The lowest BCUT2D eigenvalue weighted by molar-refractivity contribution is 0.186. The summed E-state index contributed by atoms with van der Waals surface area (Å²) in [6.07, 6.45) is -0.858. The van der Waals surface area contributed by atoms with Crippen LogP contribution in [0.15, 0.2) is 18.2 Å².